The van der Waals surface area contributed by atoms with E-state index in [1.165, 1.54) is 6.20 Å². The summed E-state index contributed by atoms with van der Waals surface area (Å²) in [5.41, 5.74) is 7.00. The molecule has 2 rings (SSSR count). The van der Waals surface area contributed by atoms with Gasteiger partial charge in [-0.05, 0) is 18.9 Å². The van der Waals surface area contributed by atoms with E-state index in [-0.39, 0.29) is 17.6 Å². The molecule has 108 valence electrons. The Morgan fingerprint density at radius 2 is 2.05 bits per heavy atom. The van der Waals surface area contributed by atoms with Gasteiger partial charge in [0.1, 0.15) is 5.82 Å². The predicted molar refractivity (Wildman–Crippen MR) is 76.5 cm³/mol. The van der Waals surface area contributed by atoms with Crippen LogP contribution in [0.3, 0.4) is 0 Å². The minimum atomic E-state index is -3.54. The number of nitrogens with one attached hydrogen (secondary N) is 2. The van der Waals surface area contributed by atoms with Crippen LogP contribution in [-0.2, 0) is 10.0 Å². The molecule has 0 spiro atoms. The SMILES string of the molecule is Cc1ncc(S(=O)(=O)NCCC(N)c2ccccc2)[nH]1. The van der Waals surface area contributed by atoms with Gasteiger partial charge >= 0.3 is 0 Å². The highest BCUT2D eigenvalue weighted by molar-refractivity contribution is 7.89. The fourth-order valence-corrected chi connectivity index (χ4v) is 2.84. The molecule has 4 N–H and O–H groups in total. The molecule has 6 nitrogen and oxygen atoms in total. The molecule has 7 heteroatoms. The standard InChI is InChI=1S/C13H18N4O2S/c1-10-15-9-13(17-10)20(18,19)16-8-7-12(14)11-5-3-2-4-6-11/h2-6,9,12,16H,7-8,14H2,1H3,(H,15,17). The average Bonchev–Trinajstić information content (AvgIpc) is 2.87. The average molecular weight is 294 g/mol. The summed E-state index contributed by atoms with van der Waals surface area (Å²) in [4.78, 5) is 6.57. The number of benzene rings is 1. The van der Waals surface area contributed by atoms with E-state index in [2.05, 4.69) is 14.7 Å². The Hall–Kier alpha value is -1.70. The third-order valence-electron chi connectivity index (χ3n) is 2.94. The van der Waals surface area contributed by atoms with Gasteiger partial charge in [-0.3, -0.25) is 0 Å². The van der Waals surface area contributed by atoms with Crippen molar-refractivity contribution in [2.45, 2.75) is 24.4 Å². The molecule has 20 heavy (non-hydrogen) atoms. The predicted octanol–water partition coefficient (Wildman–Crippen LogP) is 1.09. The normalized spacial score (nSPS) is 13.3. The van der Waals surface area contributed by atoms with Crippen molar-refractivity contribution in [1.82, 2.24) is 14.7 Å². The third-order valence-corrected chi connectivity index (χ3v) is 4.31. The highest BCUT2D eigenvalue weighted by Gasteiger charge is 2.16. The zero-order valence-electron chi connectivity index (χ0n) is 11.2. The molecular weight excluding hydrogens is 276 g/mol. The van der Waals surface area contributed by atoms with Crippen molar-refractivity contribution in [2.24, 2.45) is 5.73 Å². The van der Waals surface area contributed by atoms with Crippen molar-refractivity contribution in [3.05, 3.63) is 47.9 Å². The fraction of sp³-hybridized carbons (Fsp3) is 0.308. The first-order chi connectivity index (χ1) is 9.49. The molecule has 0 aliphatic heterocycles. The molecule has 0 bridgehead atoms. The number of nitrogens with zero attached hydrogens (tertiary/aromatic N) is 1. The van der Waals surface area contributed by atoms with E-state index in [0.717, 1.165) is 5.56 Å². The first kappa shape index (κ1) is 14.7. The highest BCUT2D eigenvalue weighted by Crippen LogP contribution is 2.13. The van der Waals surface area contributed by atoms with Gasteiger partial charge in [-0.15, -0.1) is 0 Å². The first-order valence-corrected chi connectivity index (χ1v) is 7.79. The topological polar surface area (TPSA) is 101 Å². The molecular formula is C13H18N4O2S. The molecule has 0 fully saturated rings. The molecule has 1 unspecified atom stereocenters. The van der Waals surface area contributed by atoms with E-state index < -0.39 is 10.0 Å². The van der Waals surface area contributed by atoms with Gasteiger partial charge in [-0.1, -0.05) is 30.3 Å². The van der Waals surface area contributed by atoms with E-state index >= 15 is 0 Å². The molecule has 1 aromatic heterocycles. The second-order valence-electron chi connectivity index (χ2n) is 4.54. The lowest BCUT2D eigenvalue weighted by Gasteiger charge is -2.12. The number of rotatable bonds is 6. The molecule has 0 saturated carbocycles. The quantitative estimate of drug-likeness (QED) is 0.742. The monoisotopic (exact) mass is 294 g/mol. The van der Waals surface area contributed by atoms with Crippen LogP contribution in [0.25, 0.3) is 0 Å². The van der Waals surface area contributed by atoms with Gasteiger partial charge in [0, 0.05) is 12.6 Å². The Morgan fingerprint density at radius 3 is 2.65 bits per heavy atom. The Balaban J connectivity index is 1.90. The van der Waals surface area contributed by atoms with Crippen molar-refractivity contribution in [2.75, 3.05) is 6.54 Å². The van der Waals surface area contributed by atoms with Crippen LogP contribution in [0.1, 0.15) is 23.9 Å². The van der Waals surface area contributed by atoms with Crippen molar-refractivity contribution in [3.8, 4) is 0 Å². The summed E-state index contributed by atoms with van der Waals surface area (Å²) in [7, 11) is -3.54. The zero-order valence-corrected chi connectivity index (χ0v) is 12.0. The second-order valence-corrected chi connectivity index (χ2v) is 6.27. The summed E-state index contributed by atoms with van der Waals surface area (Å²) < 4.78 is 26.4. The van der Waals surface area contributed by atoms with Gasteiger partial charge in [0.25, 0.3) is 10.0 Å². The maximum absolute atomic E-state index is 11.9. The van der Waals surface area contributed by atoms with Crippen LogP contribution in [0.5, 0.6) is 0 Å². The summed E-state index contributed by atoms with van der Waals surface area (Å²) in [6.45, 7) is 1.97. The van der Waals surface area contributed by atoms with E-state index in [1.54, 1.807) is 6.92 Å². The molecule has 1 atom stereocenters. The molecule has 1 aromatic carbocycles. The number of sulfonamides is 1. The largest absolute Gasteiger partial charge is 0.332 e. The van der Waals surface area contributed by atoms with Crippen LogP contribution in [0.2, 0.25) is 0 Å². The van der Waals surface area contributed by atoms with Crippen molar-refractivity contribution >= 4 is 10.0 Å². The Bertz CT molecular complexity index is 652. The third kappa shape index (κ3) is 3.66. The van der Waals surface area contributed by atoms with Gasteiger partial charge in [0.2, 0.25) is 0 Å². The van der Waals surface area contributed by atoms with Crippen LogP contribution >= 0.6 is 0 Å². The number of imidazole rings is 1. The Kier molecular flexibility index (Phi) is 4.53. The van der Waals surface area contributed by atoms with E-state index in [1.807, 2.05) is 30.3 Å². The van der Waals surface area contributed by atoms with Crippen LogP contribution in [0.15, 0.2) is 41.6 Å². The maximum Gasteiger partial charge on any atom is 0.257 e. The fourth-order valence-electron chi connectivity index (χ4n) is 1.83. The van der Waals surface area contributed by atoms with Crippen molar-refractivity contribution in [1.29, 1.82) is 0 Å². The van der Waals surface area contributed by atoms with E-state index in [0.29, 0.717) is 12.2 Å². The molecule has 1 heterocycles. The van der Waals surface area contributed by atoms with E-state index in [9.17, 15) is 8.42 Å². The molecule has 0 radical (unpaired) electrons. The minimum Gasteiger partial charge on any atom is -0.332 e. The van der Waals surface area contributed by atoms with Crippen molar-refractivity contribution < 1.29 is 8.42 Å². The van der Waals surface area contributed by atoms with Gasteiger partial charge in [-0.25, -0.2) is 18.1 Å². The lowest BCUT2D eigenvalue weighted by atomic mass is 10.1. The summed E-state index contributed by atoms with van der Waals surface area (Å²) in [5, 5.41) is 0.0725. The molecule has 0 aliphatic carbocycles. The van der Waals surface area contributed by atoms with Crippen LogP contribution < -0.4 is 10.5 Å². The lowest BCUT2D eigenvalue weighted by molar-refractivity contribution is 0.566. The summed E-state index contributed by atoms with van der Waals surface area (Å²) in [5.74, 6) is 0.561. The molecule has 2 aromatic rings. The van der Waals surface area contributed by atoms with Gasteiger partial charge in [-0.2, -0.15) is 0 Å². The summed E-state index contributed by atoms with van der Waals surface area (Å²) >= 11 is 0. The second kappa shape index (κ2) is 6.17. The van der Waals surface area contributed by atoms with Crippen LogP contribution in [0.4, 0.5) is 0 Å². The molecule has 0 saturated heterocycles. The number of aryl methyl sites for hydroxylation is 1. The van der Waals surface area contributed by atoms with Crippen LogP contribution in [0, 0.1) is 6.92 Å². The van der Waals surface area contributed by atoms with Crippen LogP contribution in [-0.4, -0.2) is 24.9 Å². The zero-order chi connectivity index (χ0) is 14.6. The van der Waals surface area contributed by atoms with E-state index in [4.69, 9.17) is 5.73 Å². The Labute approximate surface area is 118 Å². The Morgan fingerprint density at radius 1 is 1.35 bits per heavy atom. The first-order valence-electron chi connectivity index (χ1n) is 6.31. The highest BCUT2D eigenvalue weighted by atomic mass is 32.2. The van der Waals surface area contributed by atoms with Gasteiger partial charge < -0.3 is 10.7 Å². The van der Waals surface area contributed by atoms with Gasteiger partial charge in [0.05, 0.1) is 6.20 Å². The number of hydrogen-bond donors (Lipinski definition) is 3. The number of aromatic nitrogens is 2. The summed E-state index contributed by atoms with van der Waals surface area (Å²) in [6.07, 6.45) is 1.82. The number of H-pyrrole nitrogens is 1. The van der Waals surface area contributed by atoms with Gasteiger partial charge in [0.15, 0.2) is 5.03 Å². The van der Waals surface area contributed by atoms with Crippen molar-refractivity contribution in [3.63, 3.8) is 0 Å². The maximum atomic E-state index is 11.9. The molecule has 0 aliphatic rings. The number of aromatic amines is 1. The number of hydrogen-bond acceptors (Lipinski definition) is 4. The summed E-state index contributed by atoms with van der Waals surface area (Å²) in [6, 6.07) is 9.40. The number of nitrogens with two attached hydrogens (primary N) is 1. The smallest absolute Gasteiger partial charge is 0.257 e. The lowest BCUT2D eigenvalue weighted by Crippen LogP contribution is -2.27. The minimum absolute atomic E-state index is 0.0725. The molecule has 0 amide bonds.